The zero-order valence-corrected chi connectivity index (χ0v) is 14.4. The lowest BCUT2D eigenvalue weighted by Gasteiger charge is -2.12. The van der Waals surface area contributed by atoms with Crippen molar-refractivity contribution in [2.45, 2.75) is 43.6 Å². The molecule has 2 rings (SSSR count). The van der Waals surface area contributed by atoms with Gasteiger partial charge in [0.05, 0.1) is 16.9 Å². The van der Waals surface area contributed by atoms with Crippen LogP contribution in [0.3, 0.4) is 0 Å². The molecule has 126 valence electrons. The van der Waals surface area contributed by atoms with Crippen LogP contribution in [0.1, 0.15) is 32.3 Å². The monoisotopic (exact) mass is 345 g/mol. The Labute approximate surface area is 144 Å². The molecule has 8 heteroatoms. The van der Waals surface area contributed by atoms with Crippen molar-refractivity contribution in [2.24, 2.45) is 0 Å². The largest absolute Gasteiger partial charge is 0.343 e. The summed E-state index contributed by atoms with van der Waals surface area (Å²) < 4.78 is 1.56. The molecule has 0 spiro atoms. The first-order valence-corrected chi connectivity index (χ1v) is 8.56. The number of anilines is 1. The smallest absolute Gasteiger partial charge is 0.325 e. The summed E-state index contributed by atoms with van der Waals surface area (Å²) in [5.74, 6) is -0.192. The molecular weight excluding hydrogens is 326 g/mol. The maximum Gasteiger partial charge on any atom is 0.343 e. The van der Waals surface area contributed by atoms with Crippen LogP contribution in [-0.2, 0) is 11.3 Å². The Morgan fingerprint density at radius 1 is 1.46 bits per heavy atom. The van der Waals surface area contributed by atoms with E-state index in [-0.39, 0.29) is 11.6 Å². The number of carbonyl (C=O) groups is 1. The van der Waals surface area contributed by atoms with Crippen LogP contribution in [0.15, 0.2) is 34.2 Å². The van der Waals surface area contributed by atoms with Gasteiger partial charge >= 0.3 is 5.69 Å². The zero-order valence-electron chi connectivity index (χ0n) is 13.6. The molecule has 0 aliphatic rings. The van der Waals surface area contributed by atoms with Crippen molar-refractivity contribution in [2.75, 3.05) is 5.32 Å². The summed E-state index contributed by atoms with van der Waals surface area (Å²) in [6.07, 6.45) is 1.84. The number of amides is 1. The quantitative estimate of drug-likeness (QED) is 0.750. The second-order valence-electron chi connectivity index (χ2n) is 5.26. The molecule has 1 amide bonds. The van der Waals surface area contributed by atoms with Gasteiger partial charge in [-0.05, 0) is 37.6 Å². The summed E-state index contributed by atoms with van der Waals surface area (Å²) >= 11 is 1.23. The number of rotatable bonds is 7. The molecule has 2 N–H and O–H groups in total. The van der Waals surface area contributed by atoms with Gasteiger partial charge in [-0.15, -0.1) is 5.10 Å². The van der Waals surface area contributed by atoms with E-state index in [0.717, 1.165) is 12.8 Å². The molecule has 0 aliphatic carbocycles. The van der Waals surface area contributed by atoms with Crippen molar-refractivity contribution in [3.63, 3.8) is 0 Å². The van der Waals surface area contributed by atoms with Gasteiger partial charge in [0, 0.05) is 12.2 Å². The van der Waals surface area contributed by atoms with Crippen molar-refractivity contribution < 1.29 is 4.79 Å². The fraction of sp³-hybridized carbons (Fsp3) is 0.375. The Morgan fingerprint density at radius 2 is 2.17 bits per heavy atom. The Kier molecular flexibility index (Phi) is 6.21. The topological polar surface area (TPSA) is 104 Å². The lowest BCUT2D eigenvalue weighted by atomic mass is 10.2. The van der Waals surface area contributed by atoms with E-state index in [9.17, 15) is 9.59 Å². The molecule has 1 heterocycles. The van der Waals surface area contributed by atoms with Crippen molar-refractivity contribution >= 4 is 23.4 Å². The van der Waals surface area contributed by atoms with Gasteiger partial charge in [0.25, 0.3) is 0 Å². The predicted molar refractivity (Wildman–Crippen MR) is 92.9 cm³/mol. The highest BCUT2D eigenvalue weighted by atomic mass is 32.2. The highest BCUT2D eigenvalue weighted by molar-refractivity contribution is 8.00. The fourth-order valence-corrected chi connectivity index (χ4v) is 2.87. The van der Waals surface area contributed by atoms with Crippen LogP contribution in [0.2, 0.25) is 0 Å². The summed E-state index contributed by atoms with van der Waals surface area (Å²) in [6.45, 7) is 4.39. The van der Waals surface area contributed by atoms with E-state index in [1.165, 1.54) is 11.8 Å². The van der Waals surface area contributed by atoms with Gasteiger partial charge in [-0.3, -0.25) is 9.36 Å². The van der Waals surface area contributed by atoms with Crippen LogP contribution >= 0.6 is 11.8 Å². The zero-order chi connectivity index (χ0) is 17.5. The van der Waals surface area contributed by atoms with Gasteiger partial charge in [0.2, 0.25) is 5.91 Å². The van der Waals surface area contributed by atoms with Crippen molar-refractivity contribution in [3.8, 4) is 6.07 Å². The first-order valence-electron chi connectivity index (χ1n) is 7.68. The molecular formula is C16H19N5O2S. The van der Waals surface area contributed by atoms with Crippen LogP contribution in [0, 0.1) is 11.3 Å². The first kappa shape index (κ1) is 17.8. The number of aromatic amines is 1. The van der Waals surface area contributed by atoms with E-state index in [2.05, 4.69) is 15.5 Å². The van der Waals surface area contributed by atoms with Gasteiger partial charge in [-0.1, -0.05) is 25.1 Å². The molecule has 0 unspecified atom stereocenters. The summed E-state index contributed by atoms with van der Waals surface area (Å²) in [6, 6.07) is 8.67. The highest BCUT2D eigenvalue weighted by Crippen LogP contribution is 2.21. The lowest BCUT2D eigenvalue weighted by Crippen LogP contribution is -2.24. The Balaban J connectivity index is 2.01. The van der Waals surface area contributed by atoms with Crippen LogP contribution in [0.25, 0.3) is 0 Å². The van der Waals surface area contributed by atoms with Gasteiger partial charge in [-0.25, -0.2) is 9.89 Å². The molecule has 0 saturated heterocycles. The molecule has 24 heavy (non-hydrogen) atoms. The number of H-pyrrole nitrogens is 1. The maximum absolute atomic E-state index is 12.3. The summed E-state index contributed by atoms with van der Waals surface area (Å²) in [7, 11) is 0. The minimum absolute atomic E-state index is 0.192. The minimum Gasteiger partial charge on any atom is -0.325 e. The molecule has 2 aromatic rings. The maximum atomic E-state index is 12.3. The van der Waals surface area contributed by atoms with Crippen LogP contribution < -0.4 is 11.0 Å². The first-order chi connectivity index (χ1) is 11.5. The summed E-state index contributed by atoms with van der Waals surface area (Å²) in [5, 5.41) is 18.1. The minimum atomic E-state index is -0.420. The Hall–Kier alpha value is -2.53. The average molecular weight is 345 g/mol. The standard InChI is InChI=1S/C16H19N5O2S/c1-3-4-9-21-15(23)19-20-16(21)24-11(2)14(22)18-13-7-5-12(10-17)6-8-13/h5-8,11H,3-4,9H2,1-2H3,(H,18,22)(H,19,23)/t11-/m1/s1. The van der Waals surface area contributed by atoms with E-state index >= 15 is 0 Å². The molecule has 0 aliphatic heterocycles. The second kappa shape index (κ2) is 8.36. The number of aromatic nitrogens is 3. The SMILES string of the molecule is CCCCn1c(S[C@H](C)C(=O)Nc2ccc(C#N)cc2)n[nH]c1=O. The number of benzene rings is 1. The molecule has 0 bridgehead atoms. The normalized spacial score (nSPS) is 11.7. The van der Waals surface area contributed by atoms with Crippen molar-refractivity contribution in [1.82, 2.24) is 14.8 Å². The van der Waals surface area contributed by atoms with Gasteiger partial charge in [-0.2, -0.15) is 5.26 Å². The van der Waals surface area contributed by atoms with E-state index in [1.807, 2.05) is 13.0 Å². The number of hydrogen-bond donors (Lipinski definition) is 2. The number of carbonyl (C=O) groups excluding carboxylic acids is 1. The predicted octanol–water partition coefficient (Wildman–Crippen LogP) is 2.36. The van der Waals surface area contributed by atoms with Crippen LogP contribution in [-0.4, -0.2) is 25.9 Å². The summed E-state index contributed by atoms with van der Waals surface area (Å²) in [4.78, 5) is 24.0. The molecule has 1 aromatic carbocycles. The Bertz CT molecular complexity index is 788. The third kappa shape index (κ3) is 4.49. The number of hydrogen-bond acceptors (Lipinski definition) is 5. The van der Waals surface area contributed by atoms with E-state index in [4.69, 9.17) is 5.26 Å². The molecule has 0 radical (unpaired) electrons. The van der Waals surface area contributed by atoms with Crippen LogP contribution in [0.4, 0.5) is 5.69 Å². The van der Waals surface area contributed by atoms with Crippen LogP contribution in [0.5, 0.6) is 0 Å². The van der Waals surface area contributed by atoms with Crippen molar-refractivity contribution in [1.29, 1.82) is 5.26 Å². The molecule has 1 aromatic heterocycles. The lowest BCUT2D eigenvalue weighted by molar-refractivity contribution is -0.115. The van der Waals surface area contributed by atoms with Gasteiger partial charge < -0.3 is 5.32 Å². The van der Waals surface area contributed by atoms with E-state index in [1.54, 1.807) is 35.8 Å². The molecule has 7 nitrogen and oxygen atoms in total. The van der Waals surface area contributed by atoms with E-state index < -0.39 is 5.25 Å². The van der Waals surface area contributed by atoms with Gasteiger partial charge in [0.1, 0.15) is 0 Å². The third-order valence-corrected chi connectivity index (χ3v) is 4.48. The summed E-state index contributed by atoms with van der Waals surface area (Å²) in [5.41, 5.74) is 0.898. The Morgan fingerprint density at radius 3 is 2.79 bits per heavy atom. The molecule has 1 atom stereocenters. The molecule has 0 saturated carbocycles. The van der Waals surface area contributed by atoms with Crippen molar-refractivity contribution in [3.05, 3.63) is 40.3 Å². The highest BCUT2D eigenvalue weighted by Gasteiger charge is 2.19. The number of thioether (sulfide) groups is 1. The number of nitrogens with zero attached hydrogens (tertiary/aromatic N) is 3. The van der Waals surface area contributed by atoms with Gasteiger partial charge in [0.15, 0.2) is 5.16 Å². The third-order valence-electron chi connectivity index (χ3n) is 3.39. The second-order valence-corrected chi connectivity index (χ2v) is 6.56. The number of nitrogens with one attached hydrogen (secondary N) is 2. The number of nitriles is 1. The van der Waals surface area contributed by atoms with E-state index in [0.29, 0.717) is 23.0 Å². The molecule has 0 fully saturated rings. The number of unbranched alkanes of at least 4 members (excludes halogenated alkanes) is 1. The fourth-order valence-electron chi connectivity index (χ4n) is 1.99. The average Bonchev–Trinajstić information content (AvgIpc) is 2.93.